The van der Waals surface area contributed by atoms with Crippen LogP contribution in [0.4, 0.5) is 0 Å². The van der Waals surface area contributed by atoms with Gasteiger partial charge in [0.2, 0.25) is 0 Å². The van der Waals surface area contributed by atoms with E-state index in [2.05, 4.69) is 19.9 Å². The van der Waals surface area contributed by atoms with E-state index in [1.807, 2.05) is 6.82 Å². The summed E-state index contributed by atoms with van der Waals surface area (Å²) in [6, 6.07) is 0. The molecule has 0 aromatic carbocycles. The molecular weight excluding hydrogens is 323 g/mol. The second-order valence-corrected chi connectivity index (χ2v) is 10.0. The van der Waals surface area contributed by atoms with Crippen molar-refractivity contribution in [1.29, 1.82) is 0 Å². The lowest BCUT2D eigenvalue weighted by Crippen LogP contribution is -2.49. The van der Waals surface area contributed by atoms with E-state index in [1.165, 1.54) is 38.5 Å². The van der Waals surface area contributed by atoms with E-state index < -0.39 is 0 Å². The highest BCUT2D eigenvalue weighted by molar-refractivity contribution is 6.43. The number of fused-ring (bicyclic) bond motifs is 5. The SMILES string of the molecule is CB1OC/C(=C2\CC[C@H]3[C@@H]4CC=C5C[C@@H](O)CC[C@]5(C)[C@H]4CC[C@]23C)O1. The molecule has 26 heavy (non-hydrogen) atoms. The third-order valence-electron chi connectivity index (χ3n) is 8.96. The molecule has 4 fully saturated rings. The molecule has 1 heterocycles. The third kappa shape index (κ3) is 2.34. The molecule has 6 atom stereocenters. The average Bonchev–Trinajstić information content (AvgIpc) is 3.18. The first-order chi connectivity index (χ1) is 12.4. The molecule has 142 valence electrons. The maximum atomic E-state index is 10.2. The number of rotatable bonds is 0. The van der Waals surface area contributed by atoms with Crippen LogP contribution in [0.5, 0.6) is 0 Å². The van der Waals surface area contributed by atoms with Crippen LogP contribution in [0.3, 0.4) is 0 Å². The van der Waals surface area contributed by atoms with E-state index in [1.54, 1.807) is 11.1 Å². The van der Waals surface area contributed by atoms with Crippen molar-refractivity contribution in [2.24, 2.45) is 28.6 Å². The Kier molecular flexibility index (Phi) is 3.93. The molecule has 1 saturated heterocycles. The van der Waals surface area contributed by atoms with Gasteiger partial charge in [0, 0.05) is 0 Å². The van der Waals surface area contributed by atoms with Gasteiger partial charge in [-0.05, 0) is 92.3 Å². The zero-order chi connectivity index (χ0) is 18.1. The molecule has 5 rings (SSSR count). The molecule has 1 N–H and O–H groups in total. The summed E-state index contributed by atoms with van der Waals surface area (Å²) in [5, 5.41) is 10.2. The summed E-state index contributed by atoms with van der Waals surface area (Å²) in [7, 11) is -0.0794. The summed E-state index contributed by atoms with van der Waals surface area (Å²) in [5.74, 6) is 3.54. The predicted octanol–water partition coefficient (Wildman–Crippen LogP) is 4.73. The Hall–Kier alpha value is -0.735. The Morgan fingerprint density at radius 2 is 1.88 bits per heavy atom. The smallest absolute Gasteiger partial charge is 0.522 e. The monoisotopic (exact) mass is 356 g/mol. The van der Waals surface area contributed by atoms with E-state index in [0.29, 0.717) is 17.4 Å². The van der Waals surface area contributed by atoms with E-state index in [-0.39, 0.29) is 13.2 Å². The Balaban J connectivity index is 1.47. The highest BCUT2D eigenvalue weighted by atomic mass is 16.6. The van der Waals surface area contributed by atoms with Crippen LogP contribution in [0, 0.1) is 28.6 Å². The van der Waals surface area contributed by atoms with Gasteiger partial charge in [-0.25, -0.2) is 0 Å². The van der Waals surface area contributed by atoms with Gasteiger partial charge in [0.25, 0.3) is 0 Å². The van der Waals surface area contributed by atoms with Crippen molar-refractivity contribution in [3.05, 3.63) is 23.0 Å². The van der Waals surface area contributed by atoms with Crippen LogP contribution < -0.4 is 0 Å². The van der Waals surface area contributed by atoms with Gasteiger partial charge < -0.3 is 14.4 Å². The van der Waals surface area contributed by atoms with Crippen molar-refractivity contribution in [1.82, 2.24) is 0 Å². The molecule has 0 radical (unpaired) electrons. The van der Waals surface area contributed by atoms with Crippen LogP contribution >= 0.6 is 0 Å². The standard InChI is InChI=1S/C22H33BO3/c1-21-10-8-15(24)12-14(21)4-5-16-17-6-7-19(20-13-25-23(3)26-20)22(17,2)11-9-18(16)21/h4,15-18,24H,5-13H2,1-3H3/b20-19-/t15-,16-,17-,18-,21-,22-/m0/s1. The first kappa shape index (κ1) is 17.4. The van der Waals surface area contributed by atoms with Gasteiger partial charge in [-0.15, -0.1) is 0 Å². The molecule has 0 amide bonds. The molecule has 0 aromatic rings. The molecule has 5 aliphatic rings. The molecular formula is C22H33BO3. The third-order valence-corrected chi connectivity index (χ3v) is 8.96. The number of aliphatic hydroxyl groups excluding tert-OH is 1. The number of hydrogen-bond donors (Lipinski definition) is 1. The van der Waals surface area contributed by atoms with E-state index >= 15 is 0 Å². The van der Waals surface area contributed by atoms with Gasteiger partial charge in [-0.2, -0.15) is 0 Å². The lowest BCUT2D eigenvalue weighted by atomic mass is 9.48. The summed E-state index contributed by atoms with van der Waals surface area (Å²) in [6.07, 6.45) is 11.8. The largest absolute Gasteiger partial charge is 0.538 e. The lowest BCUT2D eigenvalue weighted by molar-refractivity contribution is -0.0274. The van der Waals surface area contributed by atoms with Crippen molar-refractivity contribution < 1.29 is 14.4 Å². The summed E-state index contributed by atoms with van der Waals surface area (Å²) < 4.78 is 11.7. The summed E-state index contributed by atoms with van der Waals surface area (Å²) in [5.41, 5.74) is 3.78. The maximum absolute atomic E-state index is 10.2. The Bertz CT molecular complexity index is 670. The van der Waals surface area contributed by atoms with Crippen LogP contribution in [0.1, 0.15) is 65.2 Å². The van der Waals surface area contributed by atoms with Crippen LogP contribution in [0.15, 0.2) is 23.0 Å². The molecule has 3 nitrogen and oxygen atoms in total. The Labute approximate surface area is 158 Å². The Morgan fingerprint density at radius 1 is 1.12 bits per heavy atom. The number of hydrogen-bond acceptors (Lipinski definition) is 3. The van der Waals surface area contributed by atoms with Gasteiger partial charge in [0.05, 0.1) is 12.7 Å². The minimum absolute atomic E-state index is 0.0794. The van der Waals surface area contributed by atoms with Gasteiger partial charge in [-0.1, -0.05) is 25.5 Å². The minimum atomic E-state index is -0.107. The van der Waals surface area contributed by atoms with Crippen LogP contribution in [0.25, 0.3) is 0 Å². The van der Waals surface area contributed by atoms with E-state index in [0.717, 1.165) is 36.4 Å². The molecule has 4 aliphatic carbocycles. The molecule has 0 bridgehead atoms. The second kappa shape index (κ2) is 5.88. The highest BCUT2D eigenvalue weighted by Crippen LogP contribution is 2.66. The van der Waals surface area contributed by atoms with Gasteiger partial charge in [-0.3, -0.25) is 0 Å². The van der Waals surface area contributed by atoms with Crippen molar-refractivity contribution in [2.45, 2.75) is 78.1 Å². The predicted molar refractivity (Wildman–Crippen MR) is 103 cm³/mol. The average molecular weight is 356 g/mol. The molecule has 3 saturated carbocycles. The van der Waals surface area contributed by atoms with Gasteiger partial charge in [0.15, 0.2) is 0 Å². The van der Waals surface area contributed by atoms with Gasteiger partial charge in [0.1, 0.15) is 5.76 Å². The summed E-state index contributed by atoms with van der Waals surface area (Å²) in [6.45, 7) is 7.70. The molecule has 0 unspecified atom stereocenters. The molecule has 4 heteroatoms. The highest BCUT2D eigenvalue weighted by Gasteiger charge is 2.58. The normalized spacial score (nSPS) is 50.6. The summed E-state index contributed by atoms with van der Waals surface area (Å²) >= 11 is 0. The van der Waals surface area contributed by atoms with Crippen molar-refractivity contribution in [3.8, 4) is 0 Å². The fraction of sp³-hybridized carbons (Fsp3) is 0.818. The second-order valence-electron chi connectivity index (χ2n) is 10.0. The molecule has 0 aromatic heterocycles. The van der Waals surface area contributed by atoms with Crippen LogP contribution in [0.2, 0.25) is 6.82 Å². The Morgan fingerprint density at radius 3 is 2.65 bits per heavy atom. The van der Waals surface area contributed by atoms with E-state index in [9.17, 15) is 5.11 Å². The first-order valence-corrected chi connectivity index (χ1v) is 10.8. The molecule has 0 spiro atoms. The fourth-order valence-electron chi connectivity index (χ4n) is 7.53. The quantitative estimate of drug-likeness (QED) is 0.504. The van der Waals surface area contributed by atoms with E-state index in [4.69, 9.17) is 9.31 Å². The first-order valence-electron chi connectivity index (χ1n) is 10.8. The minimum Gasteiger partial charge on any atom is -0.538 e. The zero-order valence-electron chi connectivity index (χ0n) is 16.6. The zero-order valence-corrected chi connectivity index (χ0v) is 16.6. The number of aliphatic hydroxyl groups is 1. The van der Waals surface area contributed by atoms with Gasteiger partial charge >= 0.3 is 7.12 Å². The van der Waals surface area contributed by atoms with Crippen LogP contribution in [-0.2, 0) is 9.31 Å². The van der Waals surface area contributed by atoms with Crippen LogP contribution in [-0.4, -0.2) is 24.9 Å². The topological polar surface area (TPSA) is 38.7 Å². The number of allylic oxidation sites excluding steroid dienone is 2. The van der Waals surface area contributed by atoms with Crippen molar-refractivity contribution in [3.63, 3.8) is 0 Å². The fourth-order valence-corrected chi connectivity index (χ4v) is 7.53. The van der Waals surface area contributed by atoms with Crippen molar-refractivity contribution in [2.75, 3.05) is 6.61 Å². The summed E-state index contributed by atoms with van der Waals surface area (Å²) in [4.78, 5) is 0. The maximum Gasteiger partial charge on any atom is 0.522 e. The lowest BCUT2D eigenvalue weighted by Gasteiger charge is -2.57. The van der Waals surface area contributed by atoms with Crippen molar-refractivity contribution >= 4 is 7.12 Å². The molecule has 1 aliphatic heterocycles.